The Morgan fingerprint density at radius 2 is 1.75 bits per heavy atom. The van der Waals surface area contributed by atoms with Gasteiger partial charge in [0.1, 0.15) is 0 Å². The highest BCUT2D eigenvalue weighted by atomic mass is 16.1. The van der Waals surface area contributed by atoms with Gasteiger partial charge < -0.3 is 9.55 Å². The number of nitrogens with zero attached hydrogens (tertiary/aromatic N) is 2. The van der Waals surface area contributed by atoms with E-state index in [0.717, 1.165) is 28.5 Å². The number of fused-ring (bicyclic) bond motifs is 2. The Morgan fingerprint density at radius 3 is 2.50 bits per heavy atom. The van der Waals surface area contributed by atoms with Crippen LogP contribution in [0.5, 0.6) is 0 Å². The molecule has 0 aliphatic carbocycles. The second-order valence-electron chi connectivity index (χ2n) is 7.63. The Kier molecular flexibility index (Phi) is 4.59. The normalized spacial score (nSPS) is 12.7. The molecule has 0 aliphatic rings. The monoisotopic (exact) mass is 373 g/mol. The van der Waals surface area contributed by atoms with Crippen LogP contribution in [0.1, 0.15) is 43.9 Å². The van der Waals surface area contributed by atoms with Crippen LogP contribution in [0.25, 0.3) is 21.7 Å². The highest BCUT2D eigenvalue weighted by Crippen LogP contribution is 2.27. The highest BCUT2D eigenvalue weighted by molar-refractivity contribution is 5.85. The molecule has 4 rings (SSSR count). The van der Waals surface area contributed by atoms with Gasteiger partial charge in [0.25, 0.3) is 11.1 Å². The van der Waals surface area contributed by atoms with Crippen LogP contribution in [0.4, 0.5) is 0 Å². The van der Waals surface area contributed by atoms with E-state index in [4.69, 9.17) is 0 Å². The largest absolute Gasteiger partial charge is 0.329 e. The van der Waals surface area contributed by atoms with Crippen molar-refractivity contribution in [1.29, 1.82) is 0 Å². The topological polar surface area (TPSA) is 67.8 Å². The Bertz CT molecular complexity index is 1280. The number of pyridine rings is 1. The van der Waals surface area contributed by atoms with E-state index in [0.29, 0.717) is 10.8 Å². The molecular formula is C23H23N3O2. The van der Waals surface area contributed by atoms with Crippen molar-refractivity contribution < 1.29 is 0 Å². The molecule has 28 heavy (non-hydrogen) atoms. The quantitative estimate of drug-likeness (QED) is 0.584. The zero-order valence-corrected chi connectivity index (χ0v) is 16.3. The van der Waals surface area contributed by atoms with Gasteiger partial charge in [-0.3, -0.25) is 9.59 Å². The van der Waals surface area contributed by atoms with E-state index in [1.54, 1.807) is 6.33 Å². The Morgan fingerprint density at radius 1 is 1.00 bits per heavy atom. The molecule has 1 unspecified atom stereocenters. The molecule has 0 saturated heterocycles. The molecule has 1 N–H and O–H groups in total. The standard InChI is InChI=1S/C23H23N3O2/c1-14(2)26-13-25-23(28)19-11-16(8-9-21(19)26)10-15(3)20-12-24-22(27)18-7-5-4-6-17(18)20/h4-9,11-15H,10H2,1-3H3,(H,24,27). The van der Waals surface area contributed by atoms with Crippen molar-refractivity contribution in [3.05, 3.63) is 86.8 Å². The first-order chi connectivity index (χ1) is 13.5. The number of aromatic amines is 1. The Labute approximate surface area is 162 Å². The average molecular weight is 373 g/mol. The van der Waals surface area contributed by atoms with Gasteiger partial charge in [0.15, 0.2) is 0 Å². The predicted molar refractivity (Wildman–Crippen MR) is 113 cm³/mol. The summed E-state index contributed by atoms with van der Waals surface area (Å²) in [5.41, 5.74) is 2.81. The van der Waals surface area contributed by atoms with E-state index in [1.165, 1.54) is 0 Å². The molecular weight excluding hydrogens is 350 g/mol. The van der Waals surface area contributed by atoms with Gasteiger partial charge in [-0.15, -0.1) is 0 Å². The molecule has 0 spiro atoms. The van der Waals surface area contributed by atoms with Crippen LogP contribution in [-0.4, -0.2) is 14.5 Å². The molecule has 0 bridgehead atoms. The molecule has 0 fully saturated rings. The van der Waals surface area contributed by atoms with Crippen molar-refractivity contribution in [2.45, 2.75) is 39.2 Å². The molecule has 2 aromatic carbocycles. The minimum absolute atomic E-state index is 0.0717. The smallest absolute Gasteiger partial charge is 0.280 e. The first-order valence-electron chi connectivity index (χ1n) is 9.56. The molecule has 5 heteroatoms. The maximum atomic E-state index is 12.3. The minimum atomic E-state index is -0.198. The summed E-state index contributed by atoms with van der Waals surface area (Å²) < 4.78 is 2.01. The van der Waals surface area contributed by atoms with E-state index < -0.39 is 0 Å². The lowest BCUT2D eigenvalue weighted by molar-refractivity contribution is 0.606. The number of aromatic nitrogens is 3. The van der Waals surface area contributed by atoms with Crippen molar-refractivity contribution in [1.82, 2.24) is 14.5 Å². The van der Waals surface area contributed by atoms with Gasteiger partial charge in [-0.1, -0.05) is 31.2 Å². The lowest BCUT2D eigenvalue weighted by atomic mass is 9.91. The minimum Gasteiger partial charge on any atom is -0.329 e. The number of nitrogens with one attached hydrogen (secondary N) is 1. The van der Waals surface area contributed by atoms with Crippen LogP contribution in [0.15, 0.2) is 64.6 Å². The van der Waals surface area contributed by atoms with Crippen LogP contribution in [0, 0.1) is 0 Å². The maximum absolute atomic E-state index is 12.3. The number of hydrogen-bond donors (Lipinski definition) is 1. The van der Waals surface area contributed by atoms with E-state index in [1.807, 2.05) is 47.2 Å². The SMILES string of the molecule is CC(Cc1ccc2c(c1)c(=O)ncn2C(C)C)c1c[nH]c(=O)c2ccccc12. The summed E-state index contributed by atoms with van der Waals surface area (Å²) in [4.78, 5) is 31.3. The van der Waals surface area contributed by atoms with E-state index >= 15 is 0 Å². The maximum Gasteiger partial charge on any atom is 0.280 e. The predicted octanol–water partition coefficient (Wildman–Crippen LogP) is 4.17. The first-order valence-corrected chi connectivity index (χ1v) is 9.56. The fourth-order valence-electron chi connectivity index (χ4n) is 3.87. The zero-order chi connectivity index (χ0) is 19.8. The fraction of sp³-hybridized carbons (Fsp3) is 0.261. The van der Waals surface area contributed by atoms with E-state index in [9.17, 15) is 9.59 Å². The third-order valence-electron chi connectivity index (χ3n) is 5.34. The molecule has 2 aromatic heterocycles. The number of H-pyrrole nitrogens is 1. The van der Waals surface area contributed by atoms with Crippen molar-refractivity contribution in [3.8, 4) is 0 Å². The second-order valence-corrected chi connectivity index (χ2v) is 7.63. The average Bonchev–Trinajstić information content (AvgIpc) is 2.69. The zero-order valence-electron chi connectivity index (χ0n) is 16.3. The molecule has 2 heterocycles. The summed E-state index contributed by atoms with van der Waals surface area (Å²) in [7, 11) is 0. The molecule has 5 nitrogen and oxygen atoms in total. The number of rotatable bonds is 4. The van der Waals surface area contributed by atoms with Gasteiger partial charge in [0.05, 0.1) is 17.2 Å². The van der Waals surface area contributed by atoms with Crippen molar-refractivity contribution in [2.24, 2.45) is 0 Å². The van der Waals surface area contributed by atoms with Crippen molar-refractivity contribution in [3.63, 3.8) is 0 Å². The summed E-state index contributed by atoms with van der Waals surface area (Å²) in [6.45, 7) is 6.28. The van der Waals surface area contributed by atoms with E-state index in [-0.39, 0.29) is 23.1 Å². The molecule has 1 atom stereocenters. The van der Waals surface area contributed by atoms with Gasteiger partial charge in [-0.2, -0.15) is 4.98 Å². The van der Waals surface area contributed by atoms with Crippen LogP contribution in [-0.2, 0) is 6.42 Å². The van der Waals surface area contributed by atoms with Gasteiger partial charge in [0.2, 0.25) is 0 Å². The van der Waals surface area contributed by atoms with Gasteiger partial charge in [-0.25, -0.2) is 0 Å². The summed E-state index contributed by atoms with van der Waals surface area (Å²) in [6.07, 6.45) is 4.19. The highest BCUT2D eigenvalue weighted by Gasteiger charge is 2.14. The van der Waals surface area contributed by atoms with E-state index in [2.05, 4.69) is 36.8 Å². The molecule has 142 valence electrons. The third kappa shape index (κ3) is 3.13. The lowest BCUT2D eigenvalue weighted by Crippen LogP contribution is -2.14. The number of hydrogen-bond acceptors (Lipinski definition) is 3. The third-order valence-corrected chi connectivity index (χ3v) is 5.34. The summed E-state index contributed by atoms with van der Waals surface area (Å²) >= 11 is 0. The fourth-order valence-corrected chi connectivity index (χ4v) is 3.87. The second kappa shape index (κ2) is 7.08. The first kappa shape index (κ1) is 18.2. The van der Waals surface area contributed by atoms with Gasteiger partial charge in [-0.05, 0) is 60.9 Å². The summed E-state index contributed by atoms with van der Waals surface area (Å²) in [5, 5.41) is 2.32. The Balaban J connectivity index is 1.75. The Hall–Kier alpha value is -3.21. The van der Waals surface area contributed by atoms with Crippen LogP contribution < -0.4 is 11.1 Å². The van der Waals surface area contributed by atoms with Crippen LogP contribution in [0.3, 0.4) is 0 Å². The summed E-state index contributed by atoms with van der Waals surface area (Å²) in [6, 6.07) is 13.9. The molecule has 4 aromatic rings. The summed E-state index contributed by atoms with van der Waals surface area (Å²) in [5.74, 6) is 0.184. The number of benzene rings is 2. The molecule has 0 saturated carbocycles. The van der Waals surface area contributed by atoms with Gasteiger partial charge in [0, 0.05) is 17.6 Å². The van der Waals surface area contributed by atoms with Crippen LogP contribution >= 0.6 is 0 Å². The molecule has 0 aliphatic heterocycles. The van der Waals surface area contributed by atoms with Gasteiger partial charge >= 0.3 is 0 Å². The van der Waals surface area contributed by atoms with Crippen LogP contribution in [0.2, 0.25) is 0 Å². The lowest BCUT2D eigenvalue weighted by Gasteiger charge is -2.16. The molecule has 0 amide bonds. The molecule has 0 radical (unpaired) electrons. The van der Waals surface area contributed by atoms with Crippen molar-refractivity contribution in [2.75, 3.05) is 0 Å². The van der Waals surface area contributed by atoms with Crippen molar-refractivity contribution >= 4 is 21.7 Å².